The Morgan fingerprint density at radius 2 is 1.95 bits per heavy atom. The van der Waals surface area contributed by atoms with E-state index in [-0.39, 0.29) is 23.1 Å². The third kappa shape index (κ3) is 4.94. The third-order valence-electron chi connectivity index (χ3n) is 7.51. The van der Waals surface area contributed by atoms with Gasteiger partial charge in [0.15, 0.2) is 11.5 Å². The summed E-state index contributed by atoms with van der Waals surface area (Å²) in [7, 11) is 0. The van der Waals surface area contributed by atoms with Crippen LogP contribution < -0.4 is 10.9 Å². The van der Waals surface area contributed by atoms with Crippen LogP contribution in [-0.2, 0) is 18.6 Å². The second-order valence-corrected chi connectivity index (χ2v) is 11.6. The molecule has 1 aliphatic carbocycles. The molecule has 0 atom stereocenters. The van der Waals surface area contributed by atoms with E-state index in [0.29, 0.717) is 17.0 Å². The van der Waals surface area contributed by atoms with Crippen LogP contribution in [0.15, 0.2) is 41.3 Å². The van der Waals surface area contributed by atoms with E-state index in [2.05, 4.69) is 32.3 Å². The van der Waals surface area contributed by atoms with Crippen molar-refractivity contribution in [1.82, 2.24) is 29.2 Å². The van der Waals surface area contributed by atoms with Gasteiger partial charge < -0.3 is 10.4 Å². The van der Waals surface area contributed by atoms with Gasteiger partial charge in [-0.3, -0.25) is 9.69 Å². The summed E-state index contributed by atoms with van der Waals surface area (Å²) in [5, 5.41) is 14.1. The van der Waals surface area contributed by atoms with Gasteiger partial charge in [0.25, 0.3) is 5.56 Å². The maximum Gasteiger partial charge on any atom is 0.278 e. The van der Waals surface area contributed by atoms with Gasteiger partial charge in [-0.1, -0.05) is 6.07 Å². The van der Waals surface area contributed by atoms with Crippen molar-refractivity contribution in [2.75, 3.05) is 18.4 Å². The first-order chi connectivity index (χ1) is 18.6. The predicted octanol–water partition coefficient (Wildman–Crippen LogP) is 4.44. The number of pyridine rings is 1. The SMILES string of the molecule is CC(C)n1c(=O)c2cnc(Nc3ccc4c(c3)CCN(CC3CC3)C4)nc2n1-c1ccc(F)c(C(C)(C)O)n1. The van der Waals surface area contributed by atoms with Crippen LogP contribution in [0.2, 0.25) is 0 Å². The summed E-state index contributed by atoms with van der Waals surface area (Å²) in [6.07, 6.45) is 5.25. The number of nitrogens with one attached hydrogen (secondary N) is 1. The Hall–Kier alpha value is -3.63. The Morgan fingerprint density at radius 3 is 2.67 bits per heavy atom. The highest BCUT2D eigenvalue weighted by atomic mass is 19.1. The molecule has 1 aromatic carbocycles. The lowest BCUT2D eigenvalue weighted by molar-refractivity contribution is 0.0694. The van der Waals surface area contributed by atoms with Gasteiger partial charge >= 0.3 is 0 Å². The molecular weight excluding hydrogens is 497 g/mol. The Bertz CT molecular complexity index is 1610. The number of hydrogen-bond acceptors (Lipinski definition) is 7. The van der Waals surface area contributed by atoms with E-state index in [9.17, 15) is 14.3 Å². The summed E-state index contributed by atoms with van der Waals surface area (Å²) < 4.78 is 17.6. The zero-order chi connectivity index (χ0) is 27.5. The molecular formula is C29H34FN7O2. The summed E-state index contributed by atoms with van der Waals surface area (Å²) in [6.45, 7) is 9.96. The fourth-order valence-electron chi connectivity index (χ4n) is 5.36. The number of fused-ring (bicyclic) bond motifs is 2. The number of anilines is 2. The Morgan fingerprint density at radius 1 is 1.15 bits per heavy atom. The first kappa shape index (κ1) is 25.6. The van der Waals surface area contributed by atoms with Crippen molar-refractivity contribution >= 4 is 22.7 Å². The van der Waals surface area contributed by atoms with Crippen molar-refractivity contribution in [1.29, 1.82) is 0 Å². The summed E-state index contributed by atoms with van der Waals surface area (Å²) in [5.41, 5.74) is 2.02. The molecule has 9 nitrogen and oxygen atoms in total. The van der Waals surface area contributed by atoms with E-state index in [1.54, 1.807) is 4.68 Å². The van der Waals surface area contributed by atoms with Crippen LogP contribution in [-0.4, -0.2) is 47.4 Å². The van der Waals surface area contributed by atoms with Gasteiger partial charge in [-0.25, -0.2) is 23.7 Å². The van der Waals surface area contributed by atoms with Gasteiger partial charge in [0.05, 0.1) is 0 Å². The number of halogens is 1. The van der Waals surface area contributed by atoms with Crippen LogP contribution in [0.3, 0.4) is 0 Å². The molecule has 2 N–H and O–H groups in total. The predicted molar refractivity (Wildman–Crippen MR) is 148 cm³/mol. The van der Waals surface area contributed by atoms with Crippen molar-refractivity contribution in [3.63, 3.8) is 0 Å². The fraction of sp³-hybridized carbons (Fsp3) is 0.448. The zero-order valence-corrected chi connectivity index (χ0v) is 22.8. The first-order valence-electron chi connectivity index (χ1n) is 13.6. The van der Waals surface area contributed by atoms with Crippen molar-refractivity contribution in [3.05, 3.63) is 69.5 Å². The Labute approximate surface area is 226 Å². The van der Waals surface area contributed by atoms with Gasteiger partial charge in [-0.2, -0.15) is 4.98 Å². The molecule has 0 saturated heterocycles. The van der Waals surface area contributed by atoms with Crippen LogP contribution in [0.5, 0.6) is 0 Å². The third-order valence-corrected chi connectivity index (χ3v) is 7.51. The fourth-order valence-corrected chi connectivity index (χ4v) is 5.36. The van der Waals surface area contributed by atoms with E-state index in [4.69, 9.17) is 4.98 Å². The maximum absolute atomic E-state index is 14.5. The van der Waals surface area contributed by atoms with Gasteiger partial charge in [-0.05, 0) is 88.3 Å². The number of hydrogen-bond donors (Lipinski definition) is 2. The summed E-state index contributed by atoms with van der Waals surface area (Å²) in [6, 6.07) is 8.85. The molecule has 1 aliphatic heterocycles. The van der Waals surface area contributed by atoms with Crippen LogP contribution in [0.1, 0.15) is 63.4 Å². The molecule has 0 unspecified atom stereocenters. The maximum atomic E-state index is 14.5. The zero-order valence-electron chi connectivity index (χ0n) is 22.8. The molecule has 0 spiro atoms. The second-order valence-electron chi connectivity index (χ2n) is 11.6. The van der Waals surface area contributed by atoms with Crippen LogP contribution >= 0.6 is 0 Å². The standard InChI is InChI=1S/C29H34FN7O2/c1-17(2)36-27(38)22-14-31-28(34-26(22)37(36)24-10-9-23(30)25(33-24)29(3,4)39)32-21-8-7-20-16-35(15-18-5-6-18)12-11-19(20)13-21/h7-10,13-14,17-18,39H,5-6,11-12,15-16H2,1-4H3,(H,31,32,34). The highest BCUT2D eigenvalue weighted by Crippen LogP contribution is 2.32. The minimum Gasteiger partial charge on any atom is -0.384 e. The number of rotatable bonds is 7. The second kappa shape index (κ2) is 9.53. The first-order valence-corrected chi connectivity index (χ1v) is 13.6. The molecule has 0 amide bonds. The van der Waals surface area contributed by atoms with Gasteiger partial charge in [0.2, 0.25) is 5.95 Å². The minimum atomic E-state index is -1.50. The monoisotopic (exact) mass is 531 g/mol. The molecule has 1 fully saturated rings. The lowest BCUT2D eigenvalue weighted by atomic mass is 9.99. The summed E-state index contributed by atoms with van der Waals surface area (Å²) in [4.78, 5) is 29.4. The molecule has 1 saturated carbocycles. The Balaban J connectivity index is 1.37. The molecule has 10 heteroatoms. The van der Waals surface area contributed by atoms with Crippen molar-refractivity contribution in [2.24, 2.45) is 5.92 Å². The van der Waals surface area contributed by atoms with Crippen LogP contribution in [0, 0.1) is 11.7 Å². The summed E-state index contributed by atoms with van der Waals surface area (Å²) >= 11 is 0. The van der Waals surface area contributed by atoms with Crippen LogP contribution in [0.25, 0.3) is 16.9 Å². The lowest BCUT2D eigenvalue weighted by Gasteiger charge is -2.29. The molecule has 2 aliphatic rings. The minimum absolute atomic E-state index is 0.109. The number of nitrogens with zero attached hydrogens (tertiary/aromatic N) is 6. The van der Waals surface area contributed by atoms with E-state index in [1.807, 2.05) is 19.9 Å². The average molecular weight is 532 g/mol. The highest BCUT2D eigenvalue weighted by Gasteiger charge is 2.27. The van der Waals surface area contributed by atoms with Crippen molar-refractivity contribution < 1.29 is 9.50 Å². The van der Waals surface area contributed by atoms with Crippen molar-refractivity contribution in [3.8, 4) is 5.82 Å². The van der Waals surface area contributed by atoms with E-state index < -0.39 is 11.4 Å². The van der Waals surface area contributed by atoms with E-state index >= 15 is 0 Å². The number of aliphatic hydroxyl groups is 1. The van der Waals surface area contributed by atoms with Gasteiger partial charge in [0, 0.05) is 37.6 Å². The molecule has 4 aromatic rings. The summed E-state index contributed by atoms with van der Waals surface area (Å²) in [5.74, 6) is 0.882. The molecule has 204 valence electrons. The normalized spacial score (nSPS) is 16.2. The molecule has 0 radical (unpaired) electrons. The van der Waals surface area contributed by atoms with Gasteiger partial charge in [0.1, 0.15) is 22.5 Å². The molecule has 3 aromatic heterocycles. The Kier molecular flexibility index (Phi) is 6.27. The quantitative estimate of drug-likeness (QED) is 0.364. The largest absolute Gasteiger partial charge is 0.384 e. The average Bonchev–Trinajstić information content (AvgIpc) is 3.65. The highest BCUT2D eigenvalue weighted by molar-refractivity contribution is 5.77. The van der Waals surface area contributed by atoms with Crippen molar-refractivity contribution in [2.45, 2.75) is 65.1 Å². The van der Waals surface area contributed by atoms with E-state index in [0.717, 1.165) is 31.1 Å². The topological polar surface area (TPSA) is 101 Å². The van der Waals surface area contributed by atoms with E-state index in [1.165, 1.54) is 67.4 Å². The number of aromatic nitrogens is 5. The smallest absolute Gasteiger partial charge is 0.278 e. The lowest BCUT2D eigenvalue weighted by Crippen LogP contribution is -2.32. The molecule has 4 heterocycles. The molecule has 0 bridgehead atoms. The van der Waals surface area contributed by atoms with Crippen LogP contribution in [0.4, 0.5) is 16.0 Å². The number of benzene rings is 1. The molecule has 6 rings (SSSR count). The van der Waals surface area contributed by atoms with Gasteiger partial charge in [-0.15, -0.1) is 0 Å². The molecule has 39 heavy (non-hydrogen) atoms.